The highest BCUT2D eigenvalue weighted by atomic mass is 79.9. The van der Waals surface area contributed by atoms with E-state index in [4.69, 9.17) is 0 Å². The van der Waals surface area contributed by atoms with Crippen molar-refractivity contribution in [1.29, 1.82) is 0 Å². The number of anilines is 1. The van der Waals surface area contributed by atoms with E-state index in [2.05, 4.69) is 15.9 Å². The molecular weight excluding hydrogens is 258 g/mol. The fourth-order valence-corrected chi connectivity index (χ4v) is 1.69. The van der Waals surface area contributed by atoms with Gasteiger partial charge in [-0.25, -0.2) is 0 Å². The average Bonchev–Trinajstić information content (AvgIpc) is 2.19. The van der Waals surface area contributed by atoms with Crippen LogP contribution in [-0.2, 0) is 4.79 Å². The number of aryl methyl sites for hydroxylation is 1. The van der Waals surface area contributed by atoms with Gasteiger partial charge in [0.15, 0.2) is 0 Å². The number of aliphatic hydroxyl groups excluding tert-OH is 1. The molecule has 3 nitrogen and oxygen atoms in total. The van der Waals surface area contributed by atoms with Crippen LogP contribution in [0.3, 0.4) is 0 Å². The average molecular weight is 272 g/mol. The van der Waals surface area contributed by atoms with Crippen molar-refractivity contribution in [1.82, 2.24) is 0 Å². The normalized spacial score (nSPS) is 12.3. The summed E-state index contributed by atoms with van der Waals surface area (Å²) in [4.78, 5) is 13.0. The fourth-order valence-electron chi connectivity index (χ4n) is 1.34. The topological polar surface area (TPSA) is 40.5 Å². The van der Waals surface area contributed by atoms with Crippen molar-refractivity contribution >= 4 is 27.5 Å². The molecule has 0 aliphatic heterocycles. The highest BCUT2D eigenvalue weighted by Gasteiger charge is 2.17. The minimum Gasteiger partial charge on any atom is -0.384 e. The van der Waals surface area contributed by atoms with Gasteiger partial charge in [-0.2, -0.15) is 0 Å². The molecule has 0 saturated carbocycles. The number of carbonyl (C=O) groups excluding carboxylic acids is 1. The zero-order valence-corrected chi connectivity index (χ0v) is 10.6. The molecule has 0 heterocycles. The van der Waals surface area contributed by atoms with E-state index in [-0.39, 0.29) is 5.91 Å². The first-order chi connectivity index (χ1) is 6.93. The third kappa shape index (κ3) is 2.79. The number of aliphatic hydroxyl groups is 1. The predicted octanol–water partition coefficient (Wildman–Crippen LogP) is 2.10. The van der Waals surface area contributed by atoms with Crippen molar-refractivity contribution in [3.63, 3.8) is 0 Å². The standard InChI is InChI=1S/C11H14BrNO2/c1-7-4-5-9(12)6-10(7)13(3)11(15)8(2)14/h4-6,8,14H,1-3H3. The number of carbonyl (C=O) groups is 1. The monoisotopic (exact) mass is 271 g/mol. The lowest BCUT2D eigenvalue weighted by Crippen LogP contribution is -2.35. The van der Waals surface area contributed by atoms with Crippen LogP contribution in [0.25, 0.3) is 0 Å². The second-order valence-electron chi connectivity index (χ2n) is 3.50. The van der Waals surface area contributed by atoms with Crippen LogP contribution in [0.1, 0.15) is 12.5 Å². The van der Waals surface area contributed by atoms with Crippen molar-refractivity contribution in [2.24, 2.45) is 0 Å². The van der Waals surface area contributed by atoms with Crippen molar-refractivity contribution in [3.05, 3.63) is 28.2 Å². The minimum absolute atomic E-state index is 0.309. The summed E-state index contributed by atoms with van der Waals surface area (Å²) in [6, 6.07) is 5.69. The molecule has 1 N–H and O–H groups in total. The Morgan fingerprint density at radius 2 is 2.13 bits per heavy atom. The maximum atomic E-state index is 11.6. The largest absolute Gasteiger partial charge is 0.384 e. The minimum atomic E-state index is -0.978. The first-order valence-corrected chi connectivity index (χ1v) is 5.44. The van der Waals surface area contributed by atoms with Gasteiger partial charge in [-0.15, -0.1) is 0 Å². The second kappa shape index (κ2) is 4.77. The lowest BCUT2D eigenvalue weighted by Gasteiger charge is -2.21. The number of rotatable bonds is 2. The molecule has 4 heteroatoms. The van der Waals surface area contributed by atoms with Gasteiger partial charge in [0.1, 0.15) is 6.10 Å². The van der Waals surface area contributed by atoms with E-state index in [9.17, 15) is 9.90 Å². The van der Waals surface area contributed by atoms with Gasteiger partial charge >= 0.3 is 0 Å². The Morgan fingerprint density at radius 1 is 1.53 bits per heavy atom. The molecule has 1 atom stereocenters. The Kier molecular flexibility index (Phi) is 3.88. The van der Waals surface area contributed by atoms with Crippen LogP contribution < -0.4 is 4.90 Å². The molecule has 0 aromatic heterocycles. The first-order valence-electron chi connectivity index (χ1n) is 4.65. The van der Waals surface area contributed by atoms with Crippen LogP contribution in [0.4, 0.5) is 5.69 Å². The van der Waals surface area contributed by atoms with Crippen molar-refractivity contribution < 1.29 is 9.90 Å². The molecule has 0 fully saturated rings. The van der Waals surface area contributed by atoms with Gasteiger partial charge in [0, 0.05) is 17.2 Å². The summed E-state index contributed by atoms with van der Waals surface area (Å²) in [5.74, 6) is -0.309. The van der Waals surface area contributed by atoms with Gasteiger partial charge in [0.25, 0.3) is 5.91 Å². The van der Waals surface area contributed by atoms with E-state index in [1.807, 2.05) is 25.1 Å². The third-order valence-corrected chi connectivity index (χ3v) is 2.71. The summed E-state index contributed by atoms with van der Waals surface area (Å²) in [5, 5.41) is 9.21. The van der Waals surface area contributed by atoms with E-state index in [0.29, 0.717) is 0 Å². The van der Waals surface area contributed by atoms with Crippen LogP contribution in [0.15, 0.2) is 22.7 Å². The lowest BCUT2D eigenvalue weighted by atomic mass is 10.2. The van der Waals surface area contributed by atoms with Gasteiger partial charge in [-0.05, 0) is 31.5 Å². The lowest BCUT2D eigenvalue weighted by molar-refractivity contribution is -0.125. The maximum absolute atomic E-state index is 11.6. The molecule has 0 spiro atoms. The molecule has 0 aliphatic carbocycles. The summed E-state index contributed by atoms with van der Waals surface area (Å²) in [5.41, 5.74) is 1.80. The van der Waals surface area contributed by atoms with Crippen LogP contribution in [0, 0.1) is 6.92 Å². The van der Waals surface area contributed by atoms with E-state index in [1.165, 1.54) is 11.8 Å². The Hall–Kier alpha value is -0.870. The fraction of sp³-hybridized carbons (Fsp3) is 0.364. The maximum Gasteiger partial charge on any atom is 0.255 e. The molecule has 15 heavy (non-hydrogen) atoms. The van der Waals surface area contributed by atoms with Crippen LogP contribution in [-0.4, -0.2) is 24.2 Å². The first kappa shape index (κ1) is 12.2. The van der Waals surface area contributed by atoms with Gasteiger partial charge in [-0.1, -0.05) is 22.0 Å². The zero-order valence-electron chi connectivity index (χ0n) is 8.99. The molecule has 0 aliphatic rings. The van der Waals surface area contributed by atoms with Crippen LogP contribution in [0.2, 0.25) is 0 Å². The summed E-state index contributed by atoms with van der Waals surface area (Å²) in [6.07, 6.45) is -0.978. The van der Waals surface area contributed by atoms with Crippen molar-refractivity contribution in [2.75, 3.05) is 11.9 Å². The van der Waals surface area contributed by atoms with Crippen molar-refractivity contribution in [3.8, 4) is 0 Å². The van der Waals surface area contributed by atoms with Gasteiger partial charge in [0.05, 0.1) is 0 Å². The van der Waals surface area contributed by atoms with Crippen LogP contribution >= 0.6 is 15.9 Å². The summed E-state index contributed by atoms with van der Waals surface area (Å²) < 4.78 is 0.911. The van der Waals surface area contributed by atoms with Gasteiger partial charge in [0.2, 0.25) is 0 Å². The molecule has 1 amide bonds. The number of likely N-dealkylation sites (N-methyl/N-ethyl adjacent to an activating group) is 1. The molecule has 1 unspecified atom stereocenters. The van der Waals surface area contributed by atoms with Gasteiger partial charge < -0.3 is 10.0 Å². The molecule has 1 aromatic rings. The number of halogens is 1. The molecule has 1 rings (SSSR count). The van der Waals surface area contributed by atoms with E-state index in [1.54, 1.807) is 7.05 Å². The number of amides is 1. The molecule has 0 radical (unpaired) electrons. The summed E-state index contributed by atoms with van der Waals surface area (Å²) in [6.45, 7) is 3.39. The van der Waals surface area contributed by atoms with E-state index < -0.39 is 6.10 Å². The summed E-state index contributed by atoms with van der Waals surface area (Å²) >= 11 is 3.35. The smallest absolute Gasteiger partial charge is 0.255 e. The number of hydrogen-bond acceptors (Lipinski definition) is 2. The van der Waals surface area contributed by atoms with Crippen molar-refractivity contribution in [2.45, 2.75) is 20.0 Å². The molecule has 1 aromatic carbocycles. The molecule has 82 valence electrons. The molecule has 0 saturated heterocycles. The summed E-state index contributed by atoms with van der Waals surface area (Å²) in [7, 11) is 1.66. The van der Waals surface area contributed by atoms with Crippen LogP contribution in [0.5, 0.6) is 0 Å². The van der Waals surface area contributed by atoms with E-state index in [0.717, 1.165) is 15.7 Å². The SMILES string of the molecule is Cc1ccc(Br)cc1N(C)C(=O)C(C)O. The number of nitrogens with zero attached hydrogens (tertiary/aromatic N) is 1. The molecular formula is C11H14BrNO2. The molecule has 0 bridgehead atoms. The zero-order chi connectivity index (χ0) is 11.6. The number of benzene rings is 1. The quantitative estimate of drug-likeness (QED) is 0.895. The Morgan fingerprint density at radius 3 is 2.67 bits per heavy atom. The third-order valence-electron chi connectivity index (χ3n) is 2.22. The number of hydrogen-bond donors (Lipinski definition) is 1. The van der Waals surface area contributed by atoms with E-state index >= 15 is 0 Å². The Bertz CT molecular complexity index is 377. The van der Waals surface area contributed by atoms with Gasteiger partial charge in [-0.3, -0.25) is 4.79 Å². The Balaban J connectivity index is 3.05. The second-order valence-corrected chi connectivity index (χ2v) is 4.42. The highest BCUT2D eigenvalue weighted by molar-refractivity contribution is 9.10. The highest BCUT2D eigenvalue weighted by Crippen LogP contribution is 2.24. The Labute approximate surface area is 97.8 Å². The predicted molar refractivity (Wildman–Crippen MR) is 64.0 cm³/mol.